The molecule has 3 aromatic carbocycles. The zero-order chi connectivity index (χ0) is 23.9. The Bertz CT molecular complexity index is 1210. The number of hydrazine groups is 1. The summed E-state index contributed by atoms with van der Waals surface area (Å²) in [5.74, 6) is 1.04. The summed E-state index contributed by atoms with van der Waals surface area (Å²) in [6.45, 7) is 5.03. The van der Waals surface area contributed by atoms with Crippen molar-refractivity contribution >= 4 is 23.6 Å². The Hall–Kier alpha value is -4.26. The molecule has 0 saturated carbocycles. The number of nitrogens with one attached hydrogen (secondary N) is 1. The number of ether oxygens (including phenoxy) is 3. The summed E-state index contributed by atoms with van der Waals surface area (Å²) < 4.78 is 17.4. The maximum atomic E-state index is 12.8. The van der Waals surface area contributed by atoms with Gasteiger partial charge in [-0.3, -0.25) is 15.0 Å². The number of hydrogen-bond acceptors (Lipinski definition) is 5. The molecule has 174 valence electrons. The molecule has 1 aliphatic heterocycles. The first kappa shape index (κ1) is 22.9. The van der Waals surface area contributed by atoms with Crippen molar-refractivity contribution in [3.63, 3.8) is 0 Å². The number of hydrogen-bond donors (Lipinski definition) is 1. The van der Waals surface area contributed by atoms with E-state index in [4.69, 9.17) is 14.2 Å². The predicted molar refractivity (Wildman–Crippen MR) is 130 cm³/mol. The van der Waals surface area contributed by atoms with Crippen LogP contribution < -0.4 is 24.6 Å². The number of anilines is 1. The number of amides is 2. The van der Waals surface area contributed by atoms with Crippen molar-refractivity contribution in [2.24, 2.45) is 0 Å². The third kappa shape index (κ3) is 5.20. The van der Waals surface area contributed by atoms with E-state index in [1.165, 1.54) is 5.01 Å². The molecule has 1 saturated heterocycles. The molecule has 0 aromatic heterocycles. The minimum absolute atomic E-state index is 0.0478. The van der Waals surface area contributed by atoms with Gasteiger partial charge in [0.05, 0.1) is 12.3 Å². The van der Waals surface area contributed by atoms with Crippen LogP contribution in [0.2, 0.25) is 0 Å². The summed E-state index contributed by atoms with van der Waals surface area (Å²) in [5.41, 5.74) is 4.96. The molecule has 4 rings (SSSR count). The van der Waals surface area contributed by atoms with Crippen LogP contribution in [0.4, 0.5) is 5.69 Å². The van der Waals surface area contributed by atoms with Crippen LogP contribution in [0.15, 0.2) is 78.4 Å². The molecule has 0 atom stereocenters. The largest absolute Gasteiger partial charge is 0.490 e. The van der Waals surface area contributed by atoms with Gasteiger partial charge in [-0.2, -0.15) is 0 Å². The molecule has 0 aliphatic carbocycles. The van der Waals surface area contributed by atoms with Gasteiger partial charge in [-0.25, -0.2) is 5.01 Å². The molecule has 7 heteroatoms. The molecule has 2 amide bonds. The highest BCUT2D eigenvalue weighted by Crippen LogP contribution is 2.30. The van der Waals surface area contributed by atoms with Crippen molar-refractivity contribution in [1.29, 1.82) is 0 Å². The third-order valence-electron chi connectivity index (χ3n) is 5.18. The van der Waals surface area contributed by atoms with Gasteiger partial charge in [0.1, 0.15) is 24.5 Å². The molecule has 0 unspecified atom stereocenters. The zero-order valence-electron chi connectivity index (χ0n) is 19.1. The van der Waals surface area contributed by atoms with Crippen LogP contribution in [0, 0.1) is 6.92 Å². The molecular formula is C27H26N2O5. The second kappa shape index (κ2) is 10.6. The van der Waals surface area contributed by atoms with Gasteiger partial charge in [0.2, 0.25) is 0 Å². The monoisotopic (exact) mass is 458 g/mol. The fourth-order valence-corrected chi connectivity index (χ4v) is 3.51. The van der Waals surface area contributed by atoms with Crippen molar-refractivity contribution in [2.45, 2.75) is 13.8 Å². The summed E-state index contributed by atoms with van der Waals surface area (Å²) in [5, 5.41) is 1.24. The molecule has 1 N–H and O–H groups in total. The molecule has 1 aliphatic rings. The Morgan fingerprint density at radius 2 is 1.53 bits per heavy atom. The molecule has 3 aromatic rings. The van der Waals surface area contributed by atoms with E-state index in [9.17, 15) is 9.59 Å². The van der Waals surface area contributed by atoms with E-state index in [1.54, 1.807) is 48.5 Å². The summed E-state index contributed by atoms with van der Waals surface area (Å²) in [6, 6.07) is 22.0. The van der Waals surface area contributed by atoms with Crippen LogP contribution in [0.3, 0.4) is 0 Å². The maximum absolute atomic E-state index is 12.8. The SMILES string of the molecule is CCOc1cc(C=C2C(=O)NN(c3ccccc3)C2=O)ccc1OCCOc1ccccc1C. The zero-order valence-corrected chi connectivity index (χ0v) is 19.1. The van der Waals surface area contributed by atoms with Crippen LogP contribution in [0.25, 0.3) is 6.08 Å². The molecule has 0 bridgehead atoms. The Balaban J connectivity index is 1.45. The van der Waals surface area contributed by atoms with E-state index in [-0.39, 0.29) is 5.57 Å². The highest BCUT2D eigenvalue weighted by atomic mass is 16.5. The topological polar surface area (TPSA) is 77.1 Å². The Labute approximate surface area is 198 Å². The van der Waals surface area contributed by atoms with Crippen molar-refractivity contribution < 1.29 is 23.8 Å². The Morgan fingerprint density at radius 1 is 0.824 bits per heavy atom. The maximum Gasteiger partial charge on any atom is 0.282 e. The van der Waals surface area contributed by atoms with Crippen molar-refractivity contribution in [3.8, 4) is 17.2 Å². The highest BCUT2D eigenvalue weighted by Gasteiger charge is 2.34. The highest BCUT2D eigenvalue weighted by molar-refractivity contribution is 6.31. The lowest BCUT2D eigenvalue weighted by Gasteiger charge is -2.14. The molecule has 1 heterocycles. The van der Waals surface area contributed by atoms with Gasteiger partial charge in [0, 0.05) is 0 Å². The summed E-state index contributed by atoms with van der Waals surface area (Å²) >= 11 is 0. The van der Waals surface area contributed by atoms with Crippen molar-refractivity contribution in [3.05, 3.63) is 89.5 Å². The molecular weight excluding hydrogens is 432 g/mol. The van der Waals surface area contributed by atoms with Gasteiger partial charge in [0.25, 0.3) is 11.8 Å². The van der Waals surface area contributed by atoms with Gasteiger partial charge in [-0.05, 0) is 61.4 Å². The van der Waals surface area contributed by atoms with E-state index in [1.807, 2.05) is 44.2 Å². The summed E-state index contributed by atoms with van der Waals surface area (Å²) in [6.07, 6.45) is 1.55. The normalized spacial score (nSPS) is 14.3. The average molecular weight is 459 g/mol. The van der Waals surface area contributed by atoms with E-state index in [0.717, 1.165) is 11.3 Å². The van der Waals surface area contributed by atoms with Crippen molar-refractivity contribution in [1.82, 2.24) is 5.43 Å². The molecule has 7 nitrogen and oxygen atoms in total. The fourth-order valence-electron chi connectivity index (χ4n) is 3.51. The van der Waals surface area contributed by atoms with Gasteiger partial charge in [-0.1, -0.05) is 42.5 Å². The first-order chi connectivity index (χ1) is 16.6. The standard InChI is InChI=1S/C27H26N2O5/c1-3-32-25-18-20(13-14-24(25)34-16-15-33-23-12-8-7-9-19(23)2)17-22-26(30)28-29(27(22)31)21-10-5-4-6-11-21/h4-14,17-18H,3,15-16H2,1-2H3,(H,28,30). The molecule has 1 fully saturated rings. The second-order valence-corrected chi connectivity index (χ2v) is 7.58. The number of rotatable bonds is 9. The molecule has 0 radical (unpaired) electrons. The summed E-state index contributed by atoms with van der Waals surface area (Å²) in [7, 11) is 0. The second-order valence-electron chi connectivity index (χ2n) is 7.58. The number of carbonyl (C=O) groups excluding carboxylic acids is 2. The average Bonchev–Trinajstić information content (AvgIpc) is 3.13. The van der Waals surface area contributed by atoms with Crippen LogP contribution in [-0.2, 0) is 9.59 Å². The van der Waals surface area contributed by atoms with Crippen molar-refractivity contribution in [2.75, 3.05) is 24.8 Å². The van der Waals surface area contributed by atoms with Crippen LogP contribution in [-0.4, -0.2) is 31.6 Å². The van der Waals surface area contributed by atoms with E-state index >= 15 is 0 Å². The number of para-hydroxylation sites is 2. The molecule has 34 heavy (non-hydrogen) atoms. The first-order valence-corrected chi connectivity index (χ1v) is 11.1. The van der Waals surface area contributed by atoms with E-state index in [2.05, 4.69) is 5.43 Å². The van der Waals surface area contributed by atoms with Crippen LogP contribution in [0.5, 0.6) is 17.2 Å². The van der Waals surface area contributed by atoms with Gasteiger partial charge < -0.3 is 14.2 Å². The summed E-state index contributed by atoms with van der Waals surface area (Å²) in [4.78, 5) is 25.3. The lowest BCUT2D eigenvalue weighted by molar-refractivity contribution is -0.117. The van der Waals surface area contributed by atoms with Gasteiger partial charge in [-0.15, -0.1) is 0 Å². The number of aryl methyl sites for hydroxylation is 1. The Kier molecular flexibility index (Phi) is 7.13. The quantitative estimate of drug-likeness (QED) is 0.294. The van der Waals surface area contributed by atoms with E-state index < -0.39 is 11.8 Å². The fraction of sp³-hybridized carbons (Fsp3) is 0.185. The predicted octanol–water partition coefficient (Wildman–Crippen LogP) is 4.31. The Morgan fingerprint density at radius 3 is 2.26 bits per heavy atom. The third-order valence-corrected chi connectivity index (χ3v) is 5.18. The van der Waals surface area contributed by atoms with Crippen LogP contribution in [0.1, 0.15) is 18.1 Å². The number of benzene rings is 3. The van der Waals surface area contributed by atoms with Gasteiger partial charge >= 0.3 is 0 Å². The van der Waals surface area contributed by atoms with Gasteiger partial charge in [0.15, 0.2) is 11.5 Å². The number of nitrogens with zero attached hydrogens (tertiary/aromatic N) is 1. The lowest BCUT2D eigenvalue weighted by Crippen LogP contribution is -2.35. The first-order valence-electron chi connectivity index (χ1n) is 11.1. The minimum atomic E-state index is -0.458. The van der Waals surface area contributed by atoms with Crippen LogP contribution >= 0.6 is 0 Å². The molecule has 0 spiro atoms. The number of carbonyl (C=O) groups is 2. The lowest BCUT2D eigenvalue weighted by atomic mass is 10.1. The van der Waals surface area contributed by atoms with E-state index in [0.29, 0.717) is 42.6 Å². The smallest absolute Gasteiger partial charge is 0.282 e. The minimum Gasteiger partial charge on any atom is -0.490 e.